The van der Waals surface area contributed by atoms with Crippen LogP contribution in [0.3, 0.4) is 0 Å². The number of benzene rings is 2. The number of anilines is 1. The highest BCUT2D eigenvalue weighted by atomic mass is 16.5. The predicted octanol–water partition coefficient (Wildman–Crippen LogP) is 2.89. The van der Waals surface area contributed by atoms with Crippen LogP contribution in [0.1, 0.15) is 24.5 Å². The summed E-state index contributed by atoms with van der Waals surface area (Å²) in [4.78, 5) is 31.1. The van der Waals surface area contributed by atoms with E-state index in [9.17, 15) is 9.59 Å². The lowest BCUT2D eigenvalue weighted by atomic mass is 10.0. The molecule has 32 heavy (non-hydrogen) atoms. The van der Waals surface area contributed by atoms with Crippen molar-refractivity contribution in [1.29, 1.82) is 0 Å². The number of hydrogen-bond donors (Lipinski definition) is 1. The first kappa shape index (κ1) is 22.0. The molecule has 0 aliphatic carbocycles. The number of carbonyl (C=O) groups excluding carboxylic acids is 2. The van der Waals surface area contributed by atoms with E-state index in [1.54, 1.807) is 4.90 Å². The summed E-state index contributed by atoms with van der Waals surface area (Å²) >= 11 is 0. The minimum Gasteiger partial charge on any atom is -0.491 e. The third-order valence-electron chi connectivity index (χ3n) is 6.10. The maximum atomic E-state index is 12.8. The molecule has 0 bridgehead atoms. The Balaban J connectivity index is 1.30. The fourth-order valence-corrected chi connectivity index (χ4v) is 4.30. The lowest BCUT2D eigenvalue weighted by molar-refractivity contribution is -0.131. The van der Waals surface area contributed by atoms with E-state index in [-0.39, 0.29) is 11.9 Å². The Hall–Kier alpha value is -3.22. The van der Waals surface area contributed by atoms with Crippen LogP contribution in [0, 0.1) is 0 Å². The SMILES string of the molecule is CCNC(=O)N1CCOc2ccc(CCC(=O)N3CCN(c4ccccc4)CC3)cc2C1. The molecule has 1 N–H and O–H groups in total. The number of amides is 3. The van der Waals surface area contributed by atoms with Crippen molar-refractivity contribution in [3.8, 4) is 5.75 Å². The van der Waals surface area contributed by atoms with Gasteiger partial charge in [-0.05, 0) is 37.1 Å². The monoisotopic (exact) mass is 436 g/mol. The summed E-state index contributed by atoms with van der Waals surface area (Å²) in [7, 11) is 0. The van der Waals surface area contributed by atoms with Crippen LogP contribution in [-0.2, 0) is 17.8 Å². The van der Waals surface area contributed by atoms with Crippen molar-refractivity contribution in [1.82, 2.24) is 15.1 Å². The second-order valence-electron chi connectivity index (χ2n) is 8.25. The number of fused-ring (bicyclic) bond motifs is 1. The van der Waals surface area contributed by atoms with Gasteiger partial charge in [-0.3, -0.25) is 4.79 Å². The maximum absolute atomic E-state index is 12.8. The molecule has 1 saturated heterocycles. The van der Waals surface area contributed by atoms with E-state index in [0.29, 0.717) is 39.1 Å². The Kier molecular flexibility index (Phi) is 7.14. The molecule has 0 radical (unpaired) electrons. The first-order valence-corrected chi connectivity index (χ1v) is 11.5. The second-order valence-corrected chi connectivity index (χ2v) is 8.25. The van der Waals surface area contributed by atoms with Crippen molar-refractivity contribution in [3.05, 3.63) is 59.7 Å². The van der Waals surface area contributed by atoms with Crippen molar-refractivity contribution in [2.24, 2.45) is 0 Å². The summed E-state index contributed by atoms with van der Waals surface area (Å²) in [6, 6.07) is 16.4. The van der Waals surface area contributed by atoms with Crippen molar-refractivity contribution in [3.63, 3.8) is 0 Å². The molecule has 2 aromatic rings. The van der Waals surface area contributed by atoms with Gasteiger partial charge >= 0.3 is 6.03 Å². The molecule has 0 aromatic heterocycles. The zero-order valence-electron chi connectivity index (χ0n) is 18.8. The van der Waals surface area contributed by atoms with Gasteiger partial charge in [-0.2, -0.15) is 0 Å². The minimum absolute atomic E-state index is 0.0702. The molecular formula is C25H32N4O3. The highest BCUT2D eigenvalue weighted by Gasteiger charge is 2.22. The van der Waals surface area contributed by atoms with E-state index in [2.05, 4.69) is 28.4 Å². The molecule has 0 saturated carbocycles. The summed E-state index contributed by atoms with van der Waals surface area (Å²) in [6.07, 6.45) is 1.18. The number of aryl methyl sites for hydroxylation is 1. The number of ether oxygens (including phenoxy) is 1. The van der Waals surface area contributed by atoms with Crippen LogP contribution >= 0.6 is 0 Å². The summed E-state index contributed by atoms with van der Waals surface area (Å²) in [6.45, 7) is 7.32. The number of nitrogens with one attached hydrogen (secondary N) is 1. The van der Waals surface area contributed by atoms with E-state index >= 15 is 0 Å². The normalized spacial score (nSPS) is 16.1. The molecule has 2 aliphatic heterocycles. The molecule has 0 atom stereocenters. The van der Waals surface area contributed by atoms with Crippen LogP contribution in [0.4, 0.5) is 10.5 Å². The average molecular weight is 437 g/mol. The smallest absolute Gasteiger partial charge is 0.317 e. The van der Waals surface area contributed by atoms with Gasteiger partial charge in [0.2, 0.25) is 5.91 Å². The van der Waals surface area contributed by atoms with Gasteiger partial charge in [0, 0.05) is 50.4 Å². The van der Waals surface area contributed by atoms with Crippen LogP contribution in [0.2, 0.25) is 0 Å². The zero-order valence-corrected chi connectivity index (χ0v) is 18.8. The number of hydrogen-bond acceptors (Lipinski definition) is 4. The standard InChI is InChI=1S/C25H32N4O3/c1-2-26-25(31)29-16-17-32-23-10-8-20(18-21(23)19-29)9-11-24(30)28-14-12-27(13-15-28)22-6-4-3-5-7-22/h3-8,10,18H,2,9,11-17,19H2,1H3,(H,26,31). The summed E-state index contributed by atoms with van der Waals surface area (Å²) in [5.74, 6) is 1.02. The third-order valence-corrected chi connectivity index (χ3v) is 6.10. The number of rotatable bonds is 5. The van der Waals surface area contributed by atoms with Crippen molar-refractivity contribution >= 4 is 17.6 Å². The number of piperazine rings is 1. The average Bonchev–Trinajstić information content (AvgIpc) is 3.05. The van der Waals surface area contributed by atoms with Crippen molar-refractivity contribution in [2.45, 2.75) is 26.3 Å². The van der Waals surface area contributed by atoms with Gasteiger partial charge in [-0.15, -0.1) is 0 Å². The van der Waals surface area contributed by atoms with E-state index in [0.717, 1.165) is 43.1 Å². The molecule has 2 aliphatic rings. The molecule has 7 nitrogen and oxygen atoms in total. The first-order valence-electron chi connectivity index (χ1n) is 11.5. The molecular weight excluding hydrogens is 404 g/mol. The molecule has 2 heterocycles. The molecule has 170 valence electrons. The fourth-order valence-electron chi connectivity index (χ4n) is 4.30. The second kappa shape index (κ2) is 10.4. The van der Waals surface area contributed by atoms with Crippen molar-refractivity contribution < 1.29 is 14.3 Å². The number of carbonyl (C=O) groups is 2. The van der Waals surface area contributed by atoms with Crippen LogP contribution in [0.5, 0.6) is 5.75 Å². The molecule has 0 spiro atoms. The van der Waals surface area contributed by atoms with Crippen molar-refractivity contribution in [2.75, 3.05) is 50.8 Å². The van der Waals surface area contributed by atoms with Crippen LogP contribution in [0.15, 0.2) is 48.5 Å². The lowest BCUT2D eigenvalue weighted by Crippen LogP contribution is -2.48. The van der Waals surface area contributed by atoms with Gasteiger partial charge < -0.3 is 24.8 Å². The Labute approximate surface area is 189 Å². The van der Waals surface area contributed by atoms with E-state index in [1.165, 1.54) is 5.69 Å². The minimum atomic E-state index is -0.0702. The van der Waals surface area contributed by atoms with E-state index < -0.39 is 0 Å². The van der Waals surface area contributed by atoms with Gasteiger partial charge in [0.25, 0.3) is 0 Å². The van der Waals surface area contributed by atoms with Gasteiger partial charge in [-0.25, -0.2) is 4.79 Å². The summed E-state index contributed by atoms with van der Waals surface area (Å²) in [5, 5.41) is 2.86. The third kappa shape index (κ3) is 5.33. The van der Waals surface area contributed by atoms with E-state index in [4.69, 9.17) is 4.74 Å². The Morgan fingerprint density at radius 1 is 0.969 bits per heavy atom. The van der Waals surface area contributed by atoms with Crippen LogP contribution < -0.4 is 15.0 Å². The van der Waals surface area contributed by atoms with Crippen LogP contribution in [0.25, 0.3) is 0 Å². The van der Waals surface area contributed by atoms with Gasteiger partial charge in [0.15, 0.2) is 0 Å². The Morgan fingerprint density at radius 2 is 1.75 bits per heavy atom. The first-order chi connectivity index (χ1) is 15.6. The largest absolute Gasteiger partial charge is 0.491 e. The molecule has 4 rings (SSSR count). The Bertz CT molecular complexity index is 926. The highest BCUT2D eigenvalue weighted by Crippen LogP contribution is 2.25. The summed E-state index contributed by atoms with van der Waals surface area (Å²) < 4.78 is 5.83. The van der Waals surface area contributed by atoms with E-state index in [1.807, 2.05) is 42.2 Å². The molecule has 7 heteroatoms. The molecule has 1 fully saturated rings. The quantitative estimate of drug-likeness (QED) is 0.783. The maximum Gasteiger partial charge on any atom is 0.317 e. The number of nitrogens with zero attached hydrogens (tertiary/aromatic N) is 3. The molecule has 2 aromatic carbocycles. The van der Waals surface area contributed by atoms with Gasteiger partial charge in [-0.1, -0.05) is 30.3 Å². The topological polar surface area (TPSA) is 65.1 Å². The summed E-state index contributed by atoms with van der Waals surface area (Å²) in [5.41, 5.74) is 3.31. The number of para-hydroxylation sites is 1. The molecule has 0 unspecified atom stereocenters. The van der Waals surface area contributed by atoms with Gasteiger partial charge in [0.05, 0.1) is 13.1 Å². The Morgan fingerprint density at radius 3 is 2.50 bits per heavy atom. The highest BCUT2D eigenvalue weighted by molar-refractivity contribution is 5.77. The molecule has 3 amide bonds. The fraction of sp³-hybridized carbons (Fsp3) is 0.440. The predicted molar refractivity (Wildman–Crippen MR) is 125 cm³/mol. The van der Waals surface area contributed by atoms with Gasteiger partial charge in [0.1, 0.15) is 12.4 Å². The zero-order chi connectivity index (χ0) is 22.3. The lowest BCUT2D eigenvalue weighted by Gasteiger charge is -2.36. The number of urea groups is 1. The van der Waals surface area contributed by atoms with Crippen LogP contribution in [-0.4, -0.2) is 67.6 Å².